The first-order valence-corrected chi connectivity index (χ1v) is 8.05. The zero-order valence-electron chi connectivity index (χ0n) is 14.0. The maximum absolute atomic E-state index is 5.92. The van der Waals surface area contributed by atoms with Crippen molar-refractivity contribution in [1.82, 2.24) is 0 Å². The first-order chi connectivity index (χ1) is 9.95. The molecule has 1 aromatic carbocycles. The van der Waals surface area contributed by atoms with Crippen LogP contribution in [0.4, 0.5) is 5.69 Å². The molecule has 1 aromatic rings. The van der Waals surface area contributed by atoms with E-state index in [0.29, 0.717) is 18.1 Å². The first kappa shape index (κ1) is 16.2. The molecule has 0 saturated heterocycles. The highest BCUT2D eigenvalue weighted by Gasteiger charge is 2.49. The van der Waals surface area contributed by atoms with Gasteiger partial charge in [-0.15, -0.1) is 0 Å². The molecule has 0 spiro atoms. The van der Waals surface area contributed by atoms with Gasteiger partial charge in [-0.05, 0) is 31.4 Å². The summed E-state index contributed by atoms with van der Waals surface area (Å²) in [6.07, 6.45) is 1.41. The predicted octanol–water partition coefficient (Wildman–Crippen LogP) is 4.34. The van der Waals surface area contributed by atoms with Crippen LogP contribution in [0.5, 0.6) is 5.75 Å². The van der Waals surface area contributed by atoms with Gasteiger partial charge in [-0.2, -0.15) is 0 Å². The average molecular weight is 291 g/mol. The van der Waals surface area contributed by atoms with Crippen molar-refractivity contribution in [3.63, 3.8) is 0 Å². The molecular weight excluding hydrogens is 262 g/mol. The van der Waals surface area contributed by atoms with Gasteiger partial charge in [0.15, 0.2) is 0 Å². The Labute approximate surface area is 129 Å². The van der Waals surface area contributed by atoms with Crippen LogP contribution in [0.3, 0.4) is 0 Å². The van der Waals surface area contributed by atoms with Crippen LogP contribution in [0.15, 0.2) is 24.3 Å². The fourth-order valence-corrected chi connectivity index (χ4v) is 2.77. The van der Waals surface area contributed by atoms with Crippen LogP contribution in [-0.2, 0) is 4.74 Å². The highest BCUT2D eigenvalue weighted by molar-refractivity contribution is 5.57. The van der Waals surface area contributed by atoms with Gasteiger partial charge in [0.2, 0.25) is 0 Å². The van der Waals surface area contributed by atoms with E-state index < -0.39 is 0 Å². The Balaban J connectivity index is 2.00. The monoisotopic (exact) mass is 291 g/mol. The van der Waals surface area contributed by atoms with E-state index in [-0.39, 0.29) is 5.41 Å². The van der Waals surface area contributed by atoms with E-state index in [1.807, 2.05) is 12.1 Å². The maximum atomic E-state index is 5.92. The number of rotatable bonds is 7. The Kier molecular flexibility index (Phi) is 5.15. The molecule has 21 heavy (non-hydrogen) atoms. The van der Waals surface area contributed by atoms with Crippen LogP contribution < -0.4 is 10.1 Å². The van der Waals surface area contributed by atoms with Crippen LogP contribution in [0.2, 0.25) is 0 Å². The zero-order chi connectivity index (χ0) is 15.5. The molecule has 0 aromatic heterocycles. The van der Waals surface area contributed by atoms with E-state index in [1.165, 1.54) is 0 Å². The summed E-state index contributed by atoms with van der Waals surface area (Å²) >= 11 is 0. The van der Waals surface area contributed by atoms with Gasteiger partial charge in [0, 0.05) is 18.1 Å². The second-order valence-electron chi connectivity index (χ2n) is 6.90. The third-order valence-corrected chi connectivity index (χ3v) is 4.33. The molecule has 0 bridgehead atoms. The molecule has 0 radical (unpaired) electrons. The van der Waals surface area contributed by atoms with E-state index >= 15 is 0 Å². The molecular formula is C18H29NO2. The summed E-state index contributed by atoms with van der Waals surface area (Å²) in [5.41, 5.74) is 1.24. The summed E-state index contributed by atoms with van der Waals surface area (Å²) in [6, 6.07) is 8.64. The van der Waals surface area contributed by atoms with Crippen molar-refractivity contribution in [2.45, 2.75) is 53.2 Å². The first-order valence-electron chi connectivity index (χ1n) is 8.05. The van der Waals surface area contributed by atoms with Gasteiger partial charge < -0.3 is 14.8 Å². The number of nitrogens with one attached hydrogen (secondary N) is 1. The lowest BCUT2D eigenvalue weighted by Crippen LogP contribution is -2.58. The Morgan fingerprint density at radius 3 is 2.62 bits per heavy atom. The standard InChI is InChI=1S/C18H29NO2/c1-6-20-17-11-16(18(17,4)5)19-14-9-7-8-10-15(14)21-12-13(2)3/h7-10,13,16-17,19H,6,11-12H2,1-5H3. The second kappa shape index (κ2) is 6.69. The normalized spacial score (nSPS) is 23.7. The topological polar surface area (TPSA) is 30.5 Å². The molecule has 1 aliphatic carbocycles. The molecule has 1 N–H and O–H groups in total. The summed E-state index contributed by atoms with van der Waals surface area (Å²) in [6.45, 7) is 12.5. The highest BCUT2D eigenvalue weighted by atomic mass is 16.5. The molecule has 0 aliphatic heterocycles. The fourth-order valence-electron chi connectivity index (χ4n) is 2.77. The van der Waals surface area contributed by atoms with Gasteiger partial charge in [0.05, 0.1) is 18.4 Å². The smallest absolute Gasteiger partial charge is 0.142 e. The van der Waals surface area contributed by atoms with Crippen LogP contribution >= 0.6 is 0 Å². The molecule has 2 rings (SSSR count). The zero-order valence-corrected chi connectivity index (χ0v) is 14.0. The number of hydrogen-bond acceptors (Lipinski definition) is 3. The number of ether oxygens (including phenoxy) is 2. The van der Waals surface area contributed by atoms with Crippen molar-refractivity contribution in [1.29, 1.82) is 0 Å². The van der Waals surface area contributed by atoms with Gasteiger partial charge >= 0.3 is 0 Å². The minimum absolute atomic E-state index is 0.154. The third kappa shape index (κ3) is 3.70. The second-order valence-corrected chi connectivity index (χ2v) is 6.90. The summed E-state index contributed by atoms with van der Waals surface area (Å²) in [5.74, 6) is 1.47. The minimum Gasteiger partial charge on any atom is -0.491 e. The van der Waals surface area contributed by atoms with E-state index in [1.54, 1.807) is 0 Å². The Bertz CT molecular complexity index is 456. The summed E-state index contributed by atoms with van der Waals surface area (Å²) < 4.78 is 11.7. The van der Waals surface area contributed by atoms with Gasteiger partial charge in [-0.25, -0.2) is 0 Å². The molecule has 1 saturated carbocycles. The predicted molar refractivity (Wildman–Crippen MR) is 88.0 cm³/mol. The maximum Gasteiger partial charge on any atom is 0.142 e. The Hall–Kier alpha value is -1.22. The quantitative estimate of drug-likeness (QED) is 0.810. The highest BCUT2D eigenvalue weighted by Crippen LogP contribution is 2.45. The molecule has 0 heterocycles. The number of hydrogen-bond donors (Lipinski definition) is 1. The lowest BCUT2D eigenvalue weighted by molar-refractivity contribution is -0.0976. The van der Waals surface area contributed by atoms with E-state index in [0.717, 1.165) is 31.1 Å². The Morgan fingerprint density at radius 1 is 1.29 bits per heavy atom. The van der Waals surface area contributed by atoms with Crippen molar-refractivity contribution in [2.75, 3.05) is 18.5 Å². The molecule has 3 heteroatoms. The van der Waals surface area contributed by atoms with Gasteiger partial charge in [0.1, 0.15) is 5.75 Å². The van der Waals surface area contributed by atoms with Crippen molar-refractivity contribution in [3.8, 4) is 5.75 Å². The van der Waals surface area contributed by atoms with Gasteiger partial charge in [-0.1, -0.05) is 39.8 Å². The van der Waals surface area contributed by atoms with Gasteiger partial charge in [-0.3, -0.25) is 0 Å². The van der Waals surface area contributed by atoms with Crippen LogP contribution in [-0.4, -0.2) is 25.4 Å². The lowest BCUT2D eigenvalue weighted by Gasteiger charge is -2.52. The Morgan fingerprint density at radius 2 is 2.00 bits per heavy atom. The third-order valence-electron chi connectivity index (χ3n) is 4.33. The molecule has 0 amide bonds. The van der Waals surface area contributed by atoms with Crippen LogP contribution in [0.25, 0.3) is 0 Å². The lowest BCUT2D eigenvalue weighted by atomic mass is 9.64. The SMILES string of the molecule is CCOC1CC(Nc2ccccc2OCC(C)C)C1(C)C. The van der Waals surface area contributed by atoms with Crippen LogP contribution in [0, 0.1) is 11.3 Å². The molecule has 2 unspecified atom stereocenters. The fraction of sp³-hybridized carbons (Fsp3) is 0.667. The van der Waals surface area contributed by atoms with Gasteiger partial charge in [0.25, 0.3) is 0 Å². The summed E-state index contributed by atoms with van der Waals surface area (Å²) in [5, 5.41) is 3.64. The molecule has 1 fully saturated rings. The summed E-state index contributed by atoms with van der Waals surface area (Å²) in [7, 11) is 0. The molecule has 2 atom stereocenters. The minimum atomic E-state index is 0.154. The number of anilines is 1. The number of para-hydroxylation sites is 2. The van der Waals surface area contributed by atoms with Crippen molar-refractivity contribution in [2.24, 2.45) is 11.3 Å². The van der Waals surface area contributed by atoms with Crippen LogP contribution in [0.1, 0.15) is 41.0 Å². The average Bonchev–Trinajstić information content (AvgIpc) is 2.45. The molecule has 3 nitrogen and oxygen atoms in total. The molecule has 1 aliphatic rings. The summed E-state index contributed by atoms with van der Waals surface area (Å²) in [4.78, 5) is 0. The van der Waals surface area contributed by atoms with E-state index in [2.05, 4.69) is 52.1 Å². The number of benzene rings is 1. The van der Waals surface area contributed by atoms with E-state index in [9.17, 15) is 0 Å². The van der Waals surface area contributed by atoms with Crippen molar-refractivity contribution < 1.29 is 9.47 Å². The molecule has 118 valence electrons. The van der Waals surface area contributed by atoms with Crippen molar-refractivity contribution >= 4 is 5.69 Å². The van der Waals surface area contributed by atoms with E-state index in [4.69, 9.17) is 9.47 Å². The largest absolute Gasteiger partial charge is 0.491 e. The van der Waals surface area contributed by atoms with Crippen molar-refractivity contribution in [3.05, 3.63) is 24.3 Å².